The molecular formula is C14H23NS. The minimum atomic E-state index is 0.707. The summed E-state index contributed by atoms with van der Waals surface area (Å²) in [5, 5.41) is 0. The fourth-order valence-corrected chi connectivity index (χ4v) is 2.32. The van der Waals surface area contributed by atoms with Gasteiger partial charge in [0.25, 0.3) is 0 Å². The molecule has 1 rings (SSSR count). The van der Waals surface area contributed by atoms with E-state index in [2.05, 4.69) is 62.7 Å². The van der Waals surface area contributed by atoms with Gasteiger partial charge in [-0.3, -0.25) is 0 Å². The Kier molecular flexibility index (Phi) is 5.93. The molecule has 1 nitrogen and oxygen atoms in total. The number of hydrogen-bond acceptors (Lipinski definition) is 2. The van der Waals surface area contributed by atoms with Crippen molar-refractivity contribution in [1.82, 2.24) is 4.90 Å². The van der Waals surface area contributed by atoms with Gasteiger partial charge in [-0.15, -0.1) is 0 Å². The summed E-state index contributed by atoms with van der Waals surface area (Å²) in [6.07, 6.45) is 1.21. The molecule has 0 amide bonds. The topological polar surface area (TPSA) is 3.24 Å². The van der Waals surface area contributed by atoms with Crippen LogP contribution in [0, 0.1) is 12.8 Å². The molecule has 1 aromatic rings. The molecule has 0 saturated carbocycles. The first-order valence-electron chi connectivity index (χ1n) is 6.00. The van der Waals surface area contributed by atoms with Gasteiger partial charge in [0.15, 0.2) is 0 Å². The summed E-state index contributed by atoms with van der Waals surface area (Å²) in [4.78, 5) is 2.39. The van der Waals surface area contributed by atoms with Crippen LogP contribution < -0.4 is 0 Å². The minimum Gasteiger partial charge on any atom is -0.302 e. The Bertz CT molecular complexity index is 307. The van der Waals surface area contributed by atoms with Gasteiger partial charge in [0.1, 0.15) is 0 Å². The largest absolute Gasteiger partial charge is 0.302 e. The first-order valence-corrected chi connectivity index (χ1v) is 6.64. The van der Waals surface area contributed by atoms with Crippen molar-refractivity contribution in [2.24, 2.45) is 5.92 Å². The van der Waals surface area contributed by atoms with Gasteiger partial charge < -0.3 is 4.90 Å². The zero-order valence-electron chi connectivity index (χ0n) is 10.6. The molecular weight excluding hydrogens is 214 g/mol. The molecule has 0 aromatic heterocycles. The molecule has 0 saturated heterocycles. The molecule has 0 heterocycles. The van der Waals surface area contributed by atoms with E-state index in [1.807, 2.05) is 0 Å². The van der Waals surface area contributed by atoms with Crippen LogP contribution in [-0.4, -0.2) is 24.2 Å². The number of hydrogen-bond donors (Lipinski definition) is 1. The van der Waals surface area contributed by atoms with Crippen molar-refractivity contribution in [2.75, 3.05) is 19.3 Å². The van der Waals surface area contributed by atoms with Gasteiger partial charge in [0.05, 0.1) is 0 Å². The summed E-state index contributed by atoms with van der Waals surface area (Å²) < 4.78 is 0. The molecule has 0 spiro atoms. The zero-order valence-corrected chi connectivity index (χ0v) is 11.5. The van der Waals surface area contributed by atoms with Crippen LogP contribution in [0.2, 0.25) is 0 Å². The smallest absolute Gasteiger partial charge is 0.0230 e. The van der Waals surface area contributed by atoms with Crippen molar-refractivity contribution in [3.8, 4) is 0 Å². The van der Waals surface area contributed by atoms with Crippen molar-refractivity contribution >= 4 is 12.6 Å². The summed E-state index contributed by atoms with van der Waals surface area (Å²) in [5.41, 5.74) is 2.74. The Morgan fingerprint density at radius 1 is 1.38 bits per heavy atom. The first kappa shape index (κ1) is 13.6. The summed E-state index contributed by atoms with van der Waals surface area (Å²) in [6.45, 7) is 6.55. The predicted molar refractivity (Wildman–Crippen MR) is 75.1 cm³/mol. The van der Waals surface area contributed by atoms with Gasteiger partial charge in [0, 0.05) is 13.1 Å². The number of thiol groups is 1. The van der Waals surface area contributed by atoms with E-state index < -0.39 is 0 Å². The van der Waals surface area contributed by atoms with E-state index in [0.717, 1.165) is 18.8 Å². The van der Waals surface area contributed by atoms with Gasteiger partial charge >= 0.3 is 0 Å². The summed E-state index contributed by atoms with van der Waals surface area (Å²) in [7, 11) is 2.19. The quantitative estimate of drug-likeness (QED) is 0.742. The van der Waals surface area contributed by atoms with Crippen LogP contribution >= 0.6 is 12.6 Å². The van der Waals surface area contributed by atoms with Crippen LogP contribution in [0.15, 0.2) is 24.3 Å². The van der Waals surface area contributed by atoms with Crippen LogP contribution in [-0.2, 0) is 6.54 Å². The van der Waals surface area contributed by atoms with Crippen LogP contribution in [0.3, 0.4) is 0 Å². The summed E-state index contributed by atoms with van der Waals surface area (Å²) >= 11 is 4.39. The fraction of sp³-hybridized carbons (Fsp3) is 0.571. The van der Waals surface area contributed by atoms with Crippen molar-refractivity contribution in [3.63, 3.8) is 0 Å². The van der Waals surface area contributed by atoms with E-state index >= 15 is 0 Å². The minimum absolute atomic E-state index is 0.707. The Morgan fingerprint density at radius 2 is 2.12 bits per heavy atom. The van der Waals surface area contributed by atoms with E-state index in [4.69, 9.17) is 0 Å². The molecule has 16 heavy (non-hydrogen) atoms. The maximum atomic E-state index is 4.39. The highest BCUT2D eigenvalue weighted by Gasteiger charge is 2.08. The van der Waals surface area contributed by atoms with Crippen molar-refractivity contribution in [3.05, 3.63) is 35.4 Å². The lowest BCUT2D eigenvalue weighted by molar-refractivity contribution is 0.278. The van der Waals surface area contributed by atoms with Gasteiger partial charge in [-0.1, -0.05) is 43.2 Å². The Balaban J connectivity index is 2.47. The predicted octanol–water partition coefficient (Wildman–Crippen LogP) is 3.38. The third kappa shape index (κ3) is 4.58. The molecule has 1 aromatic carbocycles. The monoisotopic (exact) mass is 237 g/mol. The van der Waals surface area contributed by atoms with Crippen molar-refractivity contribution in [2.45, 2.75) is 26.8 Å². The fourth-order valence-electron chi connectivity index (χ4n) is 1.94. The second-order valence-corrected chi connectivity index (χ2v) is 5.01. The molecule has 0 aliphatic carbocycles. The molecule has 0 N–H and O–H groups in total. The number of benzene rings is 1. The normalized spacial score (nSPS) is 13.1. The highest BCUT2D eigenvalue weighted by atomic mass is 32.1. The van der Waals surface area contributed by atoms with E-state index in [9.17, 15) is 0 Å². The Labute approximate surface area is 105 Å². The van der Waals surface area contributed by atoms with E-state index in [-0.39, 0.29) is 0 Å². The van der Waals surface area contributed by atoms with Gasteiger partial charge in [0.2, 0.25) is 0 Å². The Morgan fingerprint density at radius 3 is 2.69 bits per heavy atom. The van der Waals surface area contributed by atoms with E-state index in [1.165, 1.54) is 17.5 Å². The lowest BCUT2D eigenvalue weighted by atomic mass is 10.1. The van der Waals surface area contributed by atoms with E-state index in [1.54, 1.807) is 0 Å². The second-order valence-electron chi connectivity index (χ2n) is 4.64. The summed E-state index contributed by atoms with van der Waals surface area (Å²) in [5.74, 6) is 1.69. The molecule has 0 fully saturated rings. The Hall–Kier alpha value is -0.470. The second kappa shape index (κ2) is 6.97. The van der Waals surface area contributed by atoms with Gasteiger partial charge in [-0.05, 0) is 31.2 Å². The summed E-state index contributed by atoms with van der Waals surface area (Å²) in [6, 6.07) is 8.74. The van der Waals surface area contributed by atoms with Crippen LogP contribution in [0.25, 0.3) is 0 Å². The molecule has 0 bridgehead atoms. The molecule has 1 unspecified atom stereocenters. The standard InChI is InChI=1S/C14H23NS/c1-4-13(11-16)9-15(3)10-14-7-5-6-12(2)8-14/h5-8,13,16H,4,9-11H2,1-3H3. The van der Waals surface area contributed by atoms with Gasteiger partial charge in [-0.25, -0.2) is 0 Å². The number of nitrogens with zero attached hydrogens (tertiary/aromatic N) is 1. The lowest BCUT2D eigenvalue weighted by Crippen LogP contribution is -2.26. The van der Waals surface area contributed by atoms with Gasteiger partial charge in [-0.2, -0.15) is 12.6 Å². The SMILES string of the molecule is CCC(CS)CN(C)Cc1cccc(C)c1. The van der Waals surface area contributed by atoms with E-state index in [0.29, 0.717) is 5.92 Å². The molecule has 90 valence electrons. The molecule has 0 radical (unpaired) electrons. The highest BCUT2D eigenvalue weighted by Crippen LogP contribution is 2.10. The lowest BCUT2D eigenvalue weighted by Gasteiger charge is -2.22. The maximum absolute atomic E-state index is 4.39. The molecule has 1 atom stereocenters. The van der Waals surface area contributed by atoms with Crippen molar-refractivity contribution < 1.29 is 0 Å². The molecule has 2 heteroatoms. The average molecular weight is 237 g/mol. The third-order valence-corrected chi connectivity index (χ3v) is 3.46. The van der Waals surface area contributed by atoms with Crippen LogP contribution in [0.1, 0.15) is 24.5 Å². The van der Waals surface area contributed by atoms with Crippen LogP contribution in [0.4, 0.5) is 0 Å². The first-order chi connectivity index (χ1) is 7.65. The average Bonchev–Trinajstić information content (AvgIpc) is 2.26. The third-order valence-electron chi connectivity index (χ3n) is 2.94. The highest BCUT2D eigenvalue weighted by molar-refractivity contribution is 7.80. The van der Waals surface area contributed by atoms with Crippen molar-refractivity contribution in [1.29, 1.82) is 0 Å². The van der Waals surface area contributed by atoms with Crippen LogP contribution in [0.5, 0.6) is 0 Å². The zero-order chi connectivity index (χ0) is 12.0. The molecule has 0 aliphatic heterocycles. The number of aryl methyl sites for hydroxylation is 1. The maximum Gasteiger partial charge on any atom is 0.0230 e. The number of rotatable bonds is 6. The molecule has 0 aliphatic rings.